The Kier molecular flexibility index (Phi) is 7.67. The van der Waals surface area contributed by atoms with Gasteiger partial charge in [-0.3, -0.25) is 9.59 Å². The minimum Gasteiger partial charge on any atom is -0.504 e. The quantitative estimate of drug-likeness (QED) is 0.662. The van der Waals surface area contributed by atoms with Crippen LogP contribution in [0.25, 0.3) is 0 Å². The van der Waals surface area contributed by atoms with Crippen molar-refractivity contribution in [3.05, 3.63) is 59.2 Å². The zero-order valence-corrected chi connectivity index (χ0v) is 15.7. The van der Waals surface area contributed by atoms with Crippen LogP contribution < -0.4 is 10.1 Å². The van der Waals surface area contributed by atoms with E-state index >= 15 is 0 Å². The maximum absolute atomic E-state index is 11.8. The number of aryl methyl sites for hydroxylation is 2. The molecular formula is C21H25NO5. The van der Waals surface area contributed by atoms with Crippen LogP contribution in [-0.2, 0) is 27.2 Å². The number of esters is 1. The Labute approximate surface area is 159 Å². The van der Waals surface area contributed by atoms with Gasteiger partial charge in [0.15, 0.2) is 18.1 Å². The first kappa shape index (κ1) is 20.3. The molecule has 0 aromatic heterocycles. The van der Waals surface area contributed by atoms with Crippen molar-refractivity contribution in [2.24, 2.45) is 0 Å². The summed E-state index contributed by atoms with van der Waals surface area (Å²) in [6.07, 6.45) is 1.26. The molecule has 0 aliphatic rings. The third-order valence-electron chi connectivity index (χ3n) is 4.20. The van der Waals surface area contributed by atoms with E-state index < -0.39 is 5.97 Å². The van der Waals surface area contributed by atoms with E-state index in [4.69, 9.17) is 9.47 Å². The van der Waals surface area contributed by atoms with E-state index in [1.807, 2.05) is 31.2 Å². The Morgan fingerprint density at radius 3 is 2.59 bits per heavy atom. The van der Waals surface area contributed by atoms with Crippen LogP contribution in [0.2, 0.25) is 0 Å². The van der Waals surface area contributed by atoms with Gasteiger partial charge in [0, 0.05) is 13.0 Å². The number of phenolic OH excluding ortho intramolecular Hbond substituents is 1. The molecule has 144 valence electrons. The number of benzene rings is 2. The largest absolute Gasteiger partial charge is 0.504 e. The summed E-state index contributed by atoms with van der Waals surface area (Å²) in [6.45, 7) is 2.23. The highest BCUT2D eigenvalue weighted by Crippen LogP contribution is 2.26. The number of methoxy groups -OCH3 is 1. The van der Waals surface area contributed by atoms with Gasteiger partial charge in [-0.2, -0.15) is 0 Å². The SMILES string of the molecule is COc1ccc(CCC(=O)OCC(=O)NCCc2ccccc2C)cc1O. The highest BCUT2D eigenvalue weighted by atomic mass is 16.5. The summed E-state index contributed by atoms with van der Waals surface area (Å²) in [5.41, 5.74) is 3.15. The summed E-state index contributed by atoms with van der Waals surface area (Å²) in [5, 5.41) is 12.5. The third kappa shape index (κ3) is 6.66. The van der Waals surface area contributed by atoms with Crippen molar-refractivity contribution in [3.63, 3.8) is 0 Å². The van der Waals surface area contributed by atoms with Gasteiger partial charge >= 0.3 is 5.97 Å². The molecule has 6 nitrogen and oxygen atoms in total. The summed E-state index contributed by atoms with van der Waals surface area (Å²) in [5.74, 6) is -0.376. The van der Waals surface area contributed by atoms with Gasteiger partial charge < -0.3 is 19.9 Å². The fourth-order valence-corrected chi connectivity index (χ4v) is 2.63. The number of amides is 1. The Morgan fingerprint density at radius 1 is 1.11 bits per heavy atom. The van der Waals surface area contributed by atoms with Crippen molar-refractivity contribution in [1.82, 2.24) is 5.32 Å². The standard InChI is InChI=1S/C21H25NO5/c1-15-5-3-4-6-17(15)11-12-22-20(24)14-27-21(25)10-8-16-7-9-19(26-2)18(23)13-16/h3-7,9,13,23H,8,10-12,14H2,1-2H3,(H,22,24). The second kappa shape index (κ2) is 10.2. The summed E-state index contributed by atoms with van der Waals surface area (Å²) in [7, 11) is 1.47. The van der Waals surface area contributed by atoms with Crippen molar-refractivity contribution in [3.8, 4) is 11.5 Å². The molecule has 0 bridgehead atoms. The number of nitrogens with one attached hydrogen (secondary N) is 1. The highest BCUT2D eigenvalue weighted by Gasteiger charge is 2.09. The predicted octanol–water partition coefficient (Wildman–Crippen LogP) is 2.54. The molecule has 2 N–H and O–H groups in total. The number of ether oxygens (including phenoxy) is 2. The summed E-state index contributed by atoms with van der Waals surface area (Å²) < 4.78 is 9.96. The van der Waals surface area contributed by atoms with Crippen molar-refractivity contribution < 1.29 is 24.2 Å². The van der Waals surface area contributed by atoms with E-state index in [2.05, 4.69) is 5.32 Å². The molecule has 0 saturated heterocycles. The van der Waals surface area contributed by atoms with Gasteiger partial charge in [0.2, 0.25) is 0 Å². The molecule has 1 amide bonds. The predicted molar refractivity (Wildman–Crippen MR) is 102 cm³/mol. The molecule has 0 unspecified atom stereocenters. The monoisotopic (exact) mass is 371 g/mol. The molecule has 27 heavy (non-hydrogen) atoms. The van der Waals surface area contributed by atoms with E-state index in [9.17, 15) is 14.7 Å². The first-order valence-corrected chi connectivity index (χ1v) is 8.82. The number of hydrogen-bond acceptors (Lipinski definition) is 5. The molecule has 0 saturated carbocycles. The number of rotatable bonds is 9. The van der Waals surface area contributed by atoms with Crippen molar-refractivity contribution in [2.45, 2.75) is 26.2 Å². The average Bonchev–Trinajstić information content (AvgIpc) is 2.66. The lowest BCUT2D eigenvalue weighted by atomic mass is 10.1. The molecule has 2 aromatic rings. The molecule has 0 spiro atoms. The first-order chi connectivity index (χ1) is 13.0. The molecule has 0 aliphatic heterocycles. The summed E-state index contributed by atoms with van der Waals surface area (Å²) in [4.78, 5) is 23.6. The fourth-order valence-electron chi connectivity index (χ4n) is 2.63. The minimum absolute atomic E-state index is 0.0244. The molecule has 0 atom stereocenters. The van der Waals surface area contributed by atoms with E-state index in [0.29, 0.717) is 18.7 Å². The third-order valence-corrected chi connectivity index (χ3v) is 4.20. The summed E-state index contributed by atoms with van der Waals surface area (Å²) >= 11 is 0. The number of hydrogen-bond donors (Lipinski definition) is 2. The average molecular weight is 371 g/mol. The van der Waals surface area contributed by atoms with Crippen LogP contribution in [0, 0.1) is 6.92 Å². The van der Waals surface area contributed by atoms with Crippen LogP contribution in [0.4, 0.5) is 0 Å². The zero-order valence-electron chi connectivity index (χ0n) is 15.7. The zero-order chi connectivity index (χ0) is 19.6. The van der Waals surface area contributed by atoms with E-state index in [1.54, 1.807) is 18.2 Å². The molecular weight excluding hydrogens is 346 g/mol. The van der Waals surface area contributed by atoms with Crippen molar-refractivity contribution >= 4 is 11.9 Å². The van der Waals surface area contributed by atoms with Gasteiger partial charge in [0.25, 0.3) is 5.91 Å². The maximum atomic E-state index is 11.8. The number of carbonyl (C=O) groups is 2. The topological polar surface area (TPSA) is 84.9 Å². The lowest BCUT2D eigenvalue weighted by molar-refractivity contribution is -0.148. The molecule has 0 heterocycles. The number of carbonyl (C=O) groups excluding carboxylic acids is 2. The smallest absolute Gasteiger partial charge is 0.306 e. The number of aromatic hydroxyl groups is 1. The Morgan fingerprint density at radius 2 is 1.89 bits per heavy atom. The molecule has 2 rings (SSSR count). The van der Waals surface area contributed by atoms with Crippen LogP contribution >= 0.6 is 0 Å². The van der Waals surface area contributed by atoms with Crippen LogP contribution in [0.3, 0.4) is 0 Å². The molecule has 2 aromatic carbocycles. The molecule has 0 fully saturated rings. The summed E-state index contributed by atoms with van der Waals surface area (Å²) in [6, 6.07) is 12.9. The highest BCUT2D eigenvalue weighted by molar-refractivity contribution is 5.80. The van der Waals surface area contributed by atoms with Gasteiger partial charge in [-0.25, -0.2) is 0 Å². The second-order valence-corrected chi connectivity index (χ2v) is 6.19. The Balaban J connectivity index is 1.65. The van der Waals surface area contributed by atoms with Crippen LogP contribution in [-0.4, -0.2) is 37.2 Å². The van der Waals surface area contributed by atoms with Gasteiger partial charge in [-0.1, -0.05) is 30.3 Å². The van der Waals surface area contributed by atoms with E-state index in [1.165, 1.54) is 18.2 Å². The van der Waals surface area contributed by atoms with Gasteiger partial charge in [0.1, 0.15) is 0 Å². The lowest BCUT2D eigenvalue weighted by Crippen LogP contribution is -2.30. The Bertz CT molecular complexity index is 788. The van der Waals surface area contributed by atoms with Crippen LogP contribution in [0.15, 0.2) is 42.5 Å². The molecule has 6 heteroatoms. The van der Waals surface area contributed by atoms with E-state index in [0.717, 1.165) is 12.0 Å². The van der Waals surface area contributed by atoms with Crippen molar-refractivity contribution in [1.29, 1.82) is 0 Å². The van der Waals surface area contributed by atoms with Crippen LogP contribution in [0.1, 0.15) is 23.1 Å². The minimum atomic E-state index is -0.459. The van der Waals surface area contributed by atoms with Gasteiger partial charge in [-0.15, -0.1) is 0 Å². The van der Waals surface area contributed by atoms with Crippen molar-refractivity contribution in [2.75, 3.05) is 20.3 Å². The van der Waals surface area contributed by atoms with Gasteiger partial charge in [0.05, 0.1) is 7.11 Å². The normalized spacial score (nSPS) is 10.3. The van der Waals surface area contributed by atoms with Crippen LogP contribution in [0.5, 0.6) is 11.5 Å². The fraction of sp³-hybridized carbons (Fsp3) is 0.333. The number of phenols is 1. The molecule has 0 radical (unpaired) electrons. The second-order valence-electron chi connectivity index (χ2n) is 6.19. The molecule has 0 aliphatic carbocycles. The van der Waals surface area contributed by atoms with E-state index in [-0.39, 0.29) is 24.7 Å². The first-order valence-electron chi connectivity index (χ1n) is 8.82. The Hall–Kier alpha value is -3.02. The maximum Gasteiger partial charge on any atom is 0.306 e. The lowest BCUT2D eigenvalue weighted by Gasteiger charge is -2.09. The van der Waals surface area contributed by atoms with Gasteiger partial charge in [-0.05, 0) is 48.6 Å².